The number of nitrogens with zero attached hydrogens (tertiary/aromatic N) is 2. The lowest BCUT2D eigenvalue weighted by molar-refractivity contribution is -0.0827. The summed E-state index contributed by atoms with van der Waals surface area (Å²) in [4.78, 5) is 6.19. The van der Waals surface area contributed by atoms with Crippen molar-refractivity contribution in [1.29, 1.82) is 0 Å². The number of piperidine rings is 1. The number of aliphatic hydroxyl groups excluding tert-OH is 3. The van der Waals surface area contributed by atoms with Gasteiger partial charge in [-0.25, -0.2) is 0 Å². The van der Waals surface area contributed by atoms with Gasteiger partial charge in [-0.05, 0) is 17.7 Å². The van der Waals surface area contributed by atoms with E-state index >= 15 is 0 Å². The van der Waals surface area contributed by atoms with Crippen molar-refractivity contribution in [2.24, 2.45) is 5.73 Å². The maximum Gasteiger partial charge on any atom is 0.0894 e. The first-order chi connectivity index (χ1) is 11.6. The first-order valence-corrected chi connectivity index (χ1v) is 8.07. The van der Waals surface area contributed by atoms with Crippen LogP contribution in [0.2, 0.25) is 0 Å². The van der Waals surface area contributed by atoms with Crippen LogP contribution < -0.4 is 5.73 Å². The van der Waals surface area contributed by atoms with E-state index < -0.39 is 24.3 Å². The topological polar surface area (TPSA) is 103 Å². The second-order valence-corrected chi connectivity index (χ2v) is 6.23. The van der Waals surface area contributed by atoms with Gasteiger partial charge in [-0.1, -0.05) is 30.3 Å². The molecule has 24 heavy (non-hydrogen) atoms. The molecule has 1 aliphatic rings. The summed E-state index contributed by atoms with van der Waals surface area (Å²) in [5.41, 5.74) is 8.75. The van der Waals surface area contributed by atoms with Crippen LogP contribution in [-0.2, 0) is 6.54 Å². The van der Waals surface area contributed by atoms with Gasteiger partial charge in [-0.2, -0.15) is 0 Å². The van der Waals surface area contributed by atoms with E-state index in [0.29, 0.717) is 13.1 Å². The summed E-state index contributed by atoms with van der Waals surface area (Å²) in [6.07, 6.45) is -0.00315. The normalized spacial score (nSPS) is 28.0. The average molecular weight is 329 g/mol. The lowest BCUT2D eigenvalue weighted by Crippen LogP contribution is -2.65. The summed E-state index contributed by atoms with van der Waals surface area (Å²) in [5.74, 6) is 0. The van der Waals surface area contributed by atoms with E-state index in [1.807, 2.05) is 47.4 Å². The Labute approximate surface area is 141 Å². The number of hydrogen-bond donors (Lipinski definition) is 4. The molecule has 4 atom stereocenters. The predicted octanol–water partition coefficient (Wildman–Crippen LogP) is -0.0258. The van der Waals surface area contributed by atoms with Gasteiger partial charge in [-0.3, -0.25) is 9.88 Å². The number of likely N-dealkylation sites (tertiary alicyclic amines) is 1. The number of rotatable bonds is 4. The van der Waals surface area contributed by atoms with Crippen LogP contribution in [0.3, 0.4) is 0 Å². The number of aromatic nitrogens is 1. The van der Waals surface area contributed by atoms with Gasteiger partial charge in [0, 0.05) is 24.8 Å². The molecular weight excluding hydrogens is 306 g/mol. The minimum Gasteiger partial charge on any atom is -0.395 e. The van der Waals surface area contributed by atoms with Crippen LogP contribution in [0.25, 0.3) is 11.3 Å². The number of nitrogens with two attached hydrogens (primary N) is 1. The number of β-amino-alcohol motifs (C(OH)–C–C–N with tert-alkyl or cyclic N) is 1. The first kappa shape index (κ1) is 17.0. The minimum atomic E-state index is -0.952. The molecular formula is C18H23N3O3. The van der Waals surface area contributed by atoms with Crippen LogP contribution >= 0.6 is 0 Å². The average Bonchev–Trinajstić information content (AvgIpc) is 2.61. The Balaban J connectivity index is 1.73. The highest BCUT2D eigenvalue weighted by molar-refractivity contribution is 5.58. The van der Waals surface area contributed by atoms with Crippen LogP contribution in [0.15, 0.2) is 48.7 Å². The lowest BCUT2D eigenvalue weighted by atomic mass is 9.92. The minimum absolute atomic E-state index is 0.201. The lowest BCUT2D eigenvalue weighted by Gasteiger charge is -2.43. The van der Waals surface area contributed by atoms with E-state index in [4.69, 9.17) is 5.73 Å². The molecule has 6 nitrogen and oxygen atoms in total. The third kappa shape index (κ3) is 3.48. The molecule has 2 aromatic rings. The van der Waals surface area contributed by atoms with Crippen molar-refractivity contribution in [2.75, 3.05) is 13.2 Å². The molecule has 0 saturated carbocycles. The molecule has 2 heterocycles. The van der Waals surface area contributed by atoms with Crippen LogP contribution in [0, 0.1) is 0 Å². The second kappa shape index (κ2) is 7.38. The molecule has 0 aliphatic carbocycles. The molecule has 1 aliphatic heterocycles. The van der Waals surface area contributed by atoms with Gasteiger partial charge in [0.25, 0.3) is 0 Å². The van der Waals surface area contributed by atoms with Crippen LogP contribution in [0.1, 0.15) is 5.56 Å². The SMILES string of the molecule is NC1[C@@H](O)CN(Cc2ccc(-c3ccccn3)cc2)[C@@H](CO)[C@H]1O. The van der Waals surface area contributed by atoms with Gasteiger partial charge in [0.2, 0.25) is 0 Å². The van der Waals surface area contributed by atoms with Crippen molar-refractivity contribution in [3.8, 4) is 11.3 Å². The predicted molar refractivity (Wildman–Crippen MR) is 90.9 cm³/mol. The van der Waals surface area contributed by atoms with Gasteiger partial charge in [0.1, 0.15) is 0 Å². The molecule has 1 fully saturated rings. The van der Waals surface area contributed by atoms with Gasteiger partial charge in [0.15, 0.2) is 0 Å². The molecule has 0 bridgehead atoms. The van der Waals surface area contributed by atoms with E-state index in [2.05, 4.69) is 4.98 Å². The zero-order valence-corrected chi connectivity index (χ0v) is 13.4. The van der Waals surface area contributed by atoms with Crippen molar-refractivity contribution in [3.05, 3.63) is 54.2 Å². The van der Waals surface area contributed by atoms with Gasteiger partial charge in [0.05, 0.1) is 36.6 Å². The standard InChI is InChI=1S/C18H23N3O3/c19-17-16(23)10-21(15(11-22)18(17)24)9-12-4-6-13(7-5-12)14-3-1-2-8-20-14/h1-8,15-18,22-24H,9-11,19H2/t15-,16-,17?,18+/m0/s1. The van der Waals surface area contributed by atoms with Crippen molar-refractivity contribution in [2.45, 2.75) is 30.8 Å². The Morgan fingerprint density at radius 1 is 1.12 bits per heavy atom. The molecule has 1 aromatic carbocycles. The van der Waals surface area contributed by atoms with Crippen molar-refractivity contribution in [1.82, 2.24) is 9.88 Å². The highest BCUT2D eigenvalue weighted by Gasteiger charge is 2.39. The fourth-order valence-corrected chi connectivity index (χ4v) is 3.15. The molecule has 1 unspecified atom stereocenters. The summed E-state index contributed by atoms with van der Waals surface area (Å²) in [6, 6.07) is 12.5. The number of aliphatic hydroxyl groups is 3. The molecule has 0 radical (unpaired) electrons. The fourth-order valence-electron chi connectivity index (χ4n) is 3.15. The molecule has 5 N–H and O–H groups in total. The molecule has 0 spiro atoms. The van der Waals surface area contributed by atoms with Crippen LogP contribution in [0.4, 0.5) is 0 Å². The second-order valence-electron chi connectivity index (χ2n) is 6.23. The highest BCUT2D eigenvalue weighted by Crippen LogP contribution is 2.22. The van der Waals surface area contributed by atoms with E-state index in [9.17, 15) is 15.3 Å². The molecule has 3 rings (SSSR count). The molecule has 128 valence electrons. The van der Waals surface area contributed by atoms with E-state index in [1.54, 1.807) is 6.20 Å². The third-order valence-corrected chi connectivity index (χ3v) is 4.61. The van der Waals surface area contributed by atoms with Crippen LogP contribution in [0.5, 0.6) is 0 Å². The molecule has 1 aromatic heterocycles. The summed E-state index contributed by atoms with van der Waals surface area (Å²) in [5, 5.41) is 29.7. The molecule has 1 saturated heterocycles. The Bertz CT molecular complexity index is 650. The first-order valence-electron chi connectivity index (χ1n) is 8.07. The summed E-state index contributed by atoms with van der Waals surface area (Å²) in [7, 11) is 0. The number of pyridine rings is 1. The third-order valence-electron chi connectivity index (χ3n) is 4.61. The van der Waals surface area contributed by atoms with Crippen molar-refractivity contribution in [3.63, 3.8) is 0 Å². The van der Waals surface area contributed by atoms with Crippen LogP contribution in [-0.4, -0.2) is 62.6 Å². The van der Waals surface area contributed by atoms with E-state index in [1.165, 1.54) is 0 Å². The highest BCUT2D eigenvalue weighted by atomic mass is 16.3. The maximum absolute atomic E-state index is 10.2. The van der Waals surface area contributed by atoms with E-state index in [0.717, 1.165) is 16.8 Å². The smallest absolute Gasteiger partial charge is 0.0894 e. The monoisotopic (exact) mass is 329 g/mol. The fraction of sp³-hybridized carbons (Fsp3) is 0.389. The van der Waals surface area contributed by atoms with Crippen molar-refractivity contribution >= 4 is 0 Å². The summed E-state index contributed by atoms with van der Waals surface area (Å²) < 4.78 is 0. The zero-order valence-electron chi connectivity index (χ0n) is 13.4. The number of benzene rings is 1. The zero-order chi connectivity index (χ0) is 17.1. The van der Waals surface area contributed by atoms with E-state index in [-0.39, 0.29) is 6.61 Å². The summed E-state index contributed by atoms with van der Waals surface area (Å²) in [6.45, 7) is 0.646. The Morgan fingerprint density at radius 2 is 1.88 bits per heavy atom. The molecule has 6 heteroatoms. The maximum atomic E-state index is 10.2. The van der Waals surface area contributed by atoms with Gasteiger partial charge >= 0.3 is 0 Å². The number of hydrogen-bond acceptors (Lipinski definition) is 6. The summed E-state index contributed by atoms with van der Waals surface area (Å²) >= 11 is 0. The van der Waals surface area contributed by atoms with Crippen molar-refractivity contribution < 1.29 is 15.3 Å². The quantitative estimate of drug-likeness (QED) is 0.628. The van der Waals surface area contributed by atoms with Gasteiger partial charge in [-0.15, -0.1) is 0 Å². The Morgan fingerprint density at radius 3 is 2.50 bits per heavy atom. The molecule has 0 amide bonds. The van der Waals surface area contributed by atoms with Gasteiger partial charge < -0.3 is 21.1 Å². The largest absolute Gasteiger partial charge is 0.395 e. The Hall–Kier alpha value is -1.83. The Kier molecular flexibility index (Phi) is 5.23.